The predicted octanol–water partition coefficient (Wildman–Crippen LogP) is 3.30. The van der Waals surface area contributed by atoms with E-state index >= 15 is 4.39 Å². The Morgan fingerprint density at radius 2 is 1.73 bits per heavy atom. The Morgan fingerprint density at radius 1 is 0.962 bits per heavy atom. The van der Waals surface area contributed by atoms with Gasteiger partial charge >= 0.3 is 6.01 Å². The fraction of sp³-hybridized carbons (Fsp3) is 0.222. The second kappa shape index (κ2) is 6.55. The molecule has 0 radical (unpaired) electrons. The van der Waals surface area contributed by atoms with E-state index in [1.54, 1.807) is 6.07 Å². The minimum absolute atomic E-state index is 0.0409. The molecule has 1 aliphatic carbocycles. The normalized spacial score (nSPS) is 14.0. The molecule has 132 valence electrons. The molecule has 7 nitrogen and oxygen atoms in total. The fourth-order valence-corrected chi connectivity index (χ4v) is 2.86. The summed E-state index contributed by atoms with van der Waals surface area (Å²) < 4.78 is 21.0. The summed E-state index contributed by atoms with van der Waals surface area (Å²) in [4.78, 5) is 16.1. The molecule has 2 heterocycles. The number of ether oxygens (including phenoxy) is 1. The van der Waals surface area contributed by atoms with Crippen LogP contribution in [0.2, 0.25) is 0 Å². The SMILES string of the molecule is Nc1cnc(Oc2c(C3CCC3)ccc(-c3cnc(N)cn3)c2F)nc1. The van der Waals surface area contributed by atoms with Crippen LogP contribution in [-0.2, 0) is 0 Å². The Balaban J connectivity index is 1.78. The third-order valence-electron chi connectivity index (χ3n) is 4.46. The van der Waals surface area contributed by atoms with Gasteiger partial charge in [0, 0.05) is 11.1 Å². The molecule has 8 heteroatoms. The Morgan fingerprint density at radius 3 is 2.35 bits per heavy atom. The van der Waals surface area contributed by atoms with Gasteiger partial charge in [-0.25, -0.2) is 19.3 Å². The van der Waals surface area contributed by atoms with Gasteiger partial charge in [-0.15, -0.1) is 0 Å². The predicted molar refractivity (Wildman–Crippen MR) is 94.9 cm³/mol. The minimum atomic E-state index is -0.520. The first-order valence-electron chi connectivity index (χ1n) is 8.27. The van der Waals surface area contributed by atoms with E-state index in [4.69, 9.17) is 16.2 Å². The topological polar surface area (TPSA) is 113 Å². The van der Waals surface area contributed by atoms with Gasteiger partial charge in [-0.05, 0) is 24.8 Å². The van der Waals surface area contributed by atoms with Crippen LogP contribution in [0, 0.1) is 5.82 Å². The van der Waals surface area contributed by atoms with Gasteiger partial charge in [0.15, 0.2) is 11.6 Å². The molecule has 0 bridgehead atoms. The van der Waals surface area contributed by atoms with Gasteiger partial charge < -0.3 is 16.2 Å². The van der Waals surface area contributed by atoms with Crippen LogP contribution in [-0.4, -0.2) is 19.9 Å². The van der Waals surface area contributed by atoms with Gasteiger partial charge in [0.2, 0.25) is 0 Å². The highest BCUT2D eigenvalue weighted by molar-refractivity contribution is 5.64. The van der Waals surface area contributed by atoms with Gasteiger partial charge in [-0.1, -0.05) is 12.5 Å². The van der Waals surface area contributed by atoms with E-state index in [0.29, 0.717) is 11.4 Å². The largest absolute Gasteiger partial charge is 0.421 e. The molecule has 0 amide bonds. The molecule has 1 fully saturated rings. The monoisotopic (exact) mass is 352 g/mol. The zero-order valence-corrected chi connectivity index (χ0v) is 13.9. The molecular formula is C18H17FN6O. The Labute approximate surface area is 149 Å². The summed E-state index contributed by atoms with van der Waals surface area (Å²) in [5.41, 5.74) is 13.0. The summed E-state index contributed by atoms with van der Waals surface area (Å²) >= 11 is 0. The van der Waals surface area contributed by atoms with Crippen LogP contribution in [0.4, 0.5) is 15.9 Å². The maximum absolute atomic E-state index is 15.3. The van der Waals surface area contributed by atoms with Crippen molar-refractivity contribution in [2.45, 2.75) is 25.2 Å². The van der Waals surface area contributed by atoms with E-state index in [1.165, 1.54) is 24.8 Å². The lowest BCUT2D eigenvalue weighted by molar-refractivity contribution is 0.371. The molecule has 1 aromatic carbocycles. The van der Waals surface area contributed by atoms with E-state index in [1.807, 2.05) is 6.07 Å². The van der Waals surface area contributed by atoms with Crippen LogP contribution in [0.5, 0.6) is 11.8 Å². The lowest BCUT2D eigenvalue weighted by Crippen LogP contribution is -2.11. The first-order chi connectivity index (χ1) is 12.6. The van der Waals surface area contributed by atoms with Crippen molar-refractivity contribution in [1.82, 2.24) is 19.9 Å². The van der Waals surface area contributed by atoms with Crippen molar-refractivity contribution in [2.24, 2.45) is 0 Å². The molecule has 0 unspecified atom stereocenters. The van der Waals surface area contributed by atoms with Gasteiger partial charge in [-0.2, -0.15) is 0 Å². The van der Waals surface area contributed by atoms with Crippen molar-refractivity contribution >= 4 is 11.5 Å². The van der Waals surface area contributed by atoms with Crippen LogP contribution >= 0.6 is 0 Å². The minimum Gasteiger partial charge on any atom is -0.421 e. The molecule has 4 rings (SSSR count). The van der Waals surface area contributed by atoms with E-state index in [9.17, 15) is 0 Å². The Hall–Kier alpha value is -3.29. The summed E-state index contributed by atoms with van der Waals surface area (Å²) in [6.07, 6.45) is 8.77. The van der Waals surface area contributed by atoms with Gasteiger partial charge in [0.1, 0.15) is 5.82 Å². The summed E-state index contributed by atoms with van der Waals surface area (Å²) in [7, 11) is 0. The van der Waals surface area contributed by atoms with Gasteiger partial charge in [0.05, 0.1) is 36.2 Å². The quantitative estimate of drug-likeness (QED) is 0.740. The third kappa shape index (κ3) is 3.01. The first kappa shape index (κ1) is 16.2. The summed E-state index contributed by atoms with van der Waals surface area (Å²) in [6.45, 7) is 0. The maximum Gasteiger partial charge on any atom is 0.322 e. The van der Waals surface area contributed by atoms with Crippen molar-refractivity contribution in [2.75, 3.05) is 11.5 Å². The fourth-order valence-electron chi connectivity index (χ4n) is 2.86. The number of rotatable bonds is 4. The number of nitrogens with two attached hydrogens (primary N) is 2. The number of hydrogen-bond acceptors (Lipinski definition) is 7. The molecule has 4 N–H and O–H groups in total. The summed E-state index contributed by atoms with van der Waals surface area (Å²) in [5.74, 6) is 0.135. The van der Waals surface area contributed by atoms with Crippen LogP contribution in [0.15, 0.2) is 36.9 Å². The molecule has 0 saturated heterocycles. The average molecular weight is 352 g/mol. The molecule has 0 spiro atoms. The number of anilines is 2. The summed E-state index contributed by atoms with van der Waals surface area (Å²) in [6, 6.07) is 3.60. The molecular weight excluding hydrogens is 335 g/mol. The van der Waals surface area contributed by atoms with Crippen molar-refractivity contribution in [3.63, 3.8) is 0 Å². The first-order valence-corrected chi connectivity index (χ1v) is 8.27. The number of hydrogen-bond donors (Lipinski definition) is 2. The van der Waals surface area contributed by atoms with E-state index < -0.39 is 5.82 Å². The maximum atomic E-state index is 15.3. The van der Waals surface area contributed by atoms with Gasteiger partial charge in [0.25, 0.3) is 0 Å². The number of benzene rings is 1. The van der Waals surface area contributed by atoms with Crippen molar-refractivity contribution in [3.05, 3.63) is 48.3 Å². The number of halogens is 1. The third-order valence-corrected chi connectivity index (χ3v) is 4.46. The van der Waals surface area contributed by atoms with Crippen LogP contribution in [0.1, 0.15) is 30.7 Å². The van der Waals surface area contributed by atoms with Crippen molar-refractivity contribution in [3.8, 4) is 23.0 Å². The van der Waals surface area contributed by atoms with Crippen molar-refractivity contribution in [1.29, 1.82) is 0 Å². The number of aromatic nitrogens is 4. The zero-order valence-electron chi connectivity index (χ0n) is 13.9. The van der Waals surface area contributed by atoms with Gasteiger partial charge in [-0.3, -0.25) is 4.98 Å². The Kier molecular flexibility index (Phi) is 4.08. The highest BCUT2D eigenvalue weighted by Gasteiger charge is 2.27. The highest BCUT2D eigenvalue weighted by Crippen LogP contribution is 2.44. The average Bonchev–Trinajstić information content (AvgIpc) is 2.59. The highest BCUT2D eigenvalue weighted by atomic mass is 19.1. The zero-order chi connectivity index (χ0) is 18.1. The molecule has 3 aromatic rings. The molecule has 0 aliphatic heterocycles. The van der Waals surface area contributed by atoms with Crippen LogP contribution < -0.4 is 16.2 Å². The van der Waals surface area contributed by atoms with Crippen LogP contribution in [0.25, 0.3) is 11.3 Å². The number of nitrogens with zero attached hydrogens (tertiary/aromatic N) is 4. The van der Waals surface area contributed by atoms with E-state index in [0.717, 1.165) is 24.8 Å². The number of nitrogen functional groups attached to an aromatic ring is 2. The lowest BCUT2D eigenvalue weighted by Gasteiger charge is -2.28. The standard InChI is InChI=1S/C18H17FN6O/c19-16-13(14-8-23-15(21)9-22-14)5-4-12(10-2-1-3-10)17(16)26-18-24-6-11(20)7-25-18/h4-10H,1-3,20H2,(H2,21,23). The second-order valence-electron chi connectivity index (χ2n) is 6.20. The lowest BCUT2D eigenvalue weighted by atomic mass is 9.79. The molecule has 2 aromatic heterocycles. The van der Waals surface area contributed by atoms with E-state index in [2.05, 4.69) is 19.9 Å². The van der Waals surface area contributed by atoms with Crippen molar-refractivity contribution < 1.29 is 9.13 Å². The molecule has 1 aliphatic rings. The molecule has 0 atom stereocenters. The second-order valence-corrected chi connectivity index (χ2v) is 6.20. The van der Waals surface area contributed by atoms with Crippen LogP contribution in [0.3, 0.4) is 0 Å². The van der Waals surface area contributed by atoms with E-state index in [-0.39, 0.29) is 29.1 Å². The Bertz CT molecular complexity index is 926. The molecule has 26 heavy (non-hydrogen) atoms. The smallest absolute Gasteiger partial charge is 0.322 e. The molecule has 1 saturated carbocycles. The summed E-state index contributed by atoms with van der Waals surface area (Å²) in [5, 5.41) is 0.